The Morgan fingerprint density at radius 2 is 2.04 bits per heavy atom. The van der Waals surface area contributed by atoms with Gasteiger partial charge in [-0.15, -0.1) is 0 Å². The highest BCUT2D eigenvalue weighted by Crippen LogP contribution is 2.24. The molecule has 1 unspecified atom stereocenters. The average Bonchev–Trinajstić information content (AvgIpc) is 2.64. The summed E-state index contributed by atoms with van der Waals surface area (Å²) in [6.45, 7) is 2.43. The summed E-state index contributed by atoms with van der Waals surface area (Å²) < 4.78 is 0. The molecule has 2 aromatic carbocycles. The van der Waals surface area contributed by atoms with Crippen molar-refractivity contribution in [1.29, 1.82) is 0 Å². The quantitative estimate of drug-likeness (QED) is 0.542. The van der Waals surface area contributed by atoms with Crippen LogP contribution in [0.4, 0.5) is 5.69 Å². The van der Waals surface area contributed by atoms with E-state index in [9.17, 15) is 10.1 Å². The number of hydrogen-bond acceptors (Lipinski definition) is 5. The molecule has 27 heavy (non-hydrogen) atoms. The molecule has 0 amide bonds. The Balaban J connectivity index is 1.76. The first kappa shape index (κ1) is 18.9. The zero-order valence-corrected chi connectivity index (χ0v) is 15.5. The molecular formula is C19H20ClN5O2. The zero-order valence-electron chi connectivity index (χ0n) is 14.8. The van der Waals surface area contributed by atoms with Crippen molar-refractivity contribution in [1.82, 2.24) is 10.6 Å². The van der Waals surface area contributed by atoms with Crippen molar-refractivity contribution in [3.63, 3.8) is 0 Å². The van der Waals surface area contributed by atoms with Crippen LogP contribution < -0.4 is 16.4 Å². The molecule has 0 saturated heterocycles. The number of nitrogens with one attached hydrogen (secondary N) is 2. The molecule has 4 N–H and O–H groups in total. The SMILES string of the molecule is Cc1c(Cl)cccc1C1=CC(=NCCc2cccc([N+](=O)[O-])c2)NC(N)N1. The van der Waals surface area contributed by atoms with Crippen molar-refractivity contribution in [3.8, 4) is 0 Å². The first-order valence-corrected chi connectivity index (χ1v) is 8.85. The monoisotopic (exact) mass is 385 g/mol. The van der Waals surface area contributed by atoms with Crippen LogP contribution in [0.1, 0.15) is 16.7 Å². The van der Waals surface area contributed by atoms with E-state index >= 15 is 0 Å². The maximum absolute atomic E-state index is 10.9. The molecule has 1 aliphatic heterocycles. The fraction of sp³-hybridized carbons (Fsp3) is 0.211. The molecule has 2 aromatic rings. The van der Waals surface area contributed by atoms with Crippen LogP contribution in [-0.2, 0) is 6.42 Å². The number of halogens is 1. The van der Waals surface area contributed by atoms with Crippen LogP contribution in [0.2, 0.25) is 5.02 Å². The maximum atomic E-state index is 10.9. The number of nitrogens with two attached hydrogens (primary N) is 1. The van der Waals surface area contributed by atoms with E-state index in [0.717, 1.165) is 22.4 Å². The van der Waals surface area contributed by atoms with Crippen molar-refractivity contribution in [3.05, 3.63) is 80.4 Å². The van der Waals surface area contributed by atoms with E-state index in [2.05, 4.69) is 15.6 Å². The predicted octanol–water partition coefficient (Wildman–Crippen LogP) is 2.97. The third kappa shape index (κ3) is 4.64. The Morgan fingerprint density at radius 3 is 2.81 bits per heavy atom. The summed E-state index contributed by atoms with van der Waals surface area (Å²) in [5.74, 6) is 0.654. The van der Waals surface area contributed by atoms with Gasteiger partial charge in [0.25, 0.3) is 5.69 Å². The fourth-order valence-electron chi connectivity index (χ4n) is 2.86. The van der Waals surface area contributed by atoms with Gasteiger partial charge in [-0.25, -0.2) is 0 Å². The van der Waals surface area contributed by atoms with Crippen molar-refractivity contribution in [2.75, 3.05) is 6.54 Å². The van der Waals surface area contributed by atoms with Crippen LogP contribution >= 0.6 is 11.6 Å². The van der Waals surface area contributed by atoms with E-state index in [4.69, 9.17) is 17.3 Å². The lowest BCUT2D eigenvalue weighted by Crippen LogP contribution is -2.53. The summed E-state index contributed by atoms with van der Waals surface area (Å²) in [6.07, 6.45) is 2.00. The standard InChI is InChI=1S/C19H20ClN5O2/c1-12-15(6-3-7-16(12)20)17-11-18(24-19(21)23-17)22-9-8-13-4-2-5-14(10-13)25(26)27/h2-7,10-11,19,23H,8-9,21H2,1H3,(H,22,24). The van der Waals surface area contributed by atoms with Crippen LogP contribution in [0.5, 0.6) is 0 Å². The molecule has 0 aliphatic carbocycles. The normalized spacial score (nSPS) is 17.8. The highest BCUT2D eigenvalue weighted by Gasteiger charge is 2.17. The van der Waals surface area contributed by atoms with Gasteiger partial charge >= 0.3 is 0 Å². The minimum absolute atomic E-state index is 0.0841. The molecule has 0 saturated carbocycles. The lowest BCUT2D eigenvalue weighted by atomic mass is 10.0. The van der Waals surface area contributed by atoms with Gasteiger partial charge in [0.1, 0.15) is 5.84 Å². The van der Waals surface area contributed by atoms with Gasteiger partial charge in [0, 0.05) is 41.0 Å². The largest absolute Gasteiger partial charge is 0.353 e. The molecule has 1 aliphatic rings. The second-order valence-corrected chi connectivity index (χ2v) is 6.59. The number of nitro groups is 1. The Kier molecular flexibility index (Phi) is 5.73. The van der Waals surface area contributed by atoms with Crippen LogP contribution in [0.25, 0.3) is 5.70 Å². The van der Waals surface area contributed by atoms with Gasteiger partial charge in [-0.1, -0.05) is 35.9 Å². The second-order valence-electron chi connectivity index (χ2n) is 6.18. The van der Waals surface area contributed by atoms with Gasteiger partial charge in [-0.2, -0.15) is 0 Å². The summed E-state index contributed by atoms with van der Waals surface area (Å²) >= 11 is 6.21. The lowest BCUT2D eigenvalue weighted by Gasteiger charge is -2.26. The van der Waals surface area contributed by atoms with Gasteiger partial charge < -0.3 is 10.6 Å². The van der Waals surface area contributed by atoms with E-state index in [0.29, 0.717) is 23.8 Å². The van der Waals surface area contributed by atoms with Crippen molar-refractivity contribution in [2.45, 2.75) is 19.6 Å². The third-order valence-electron chi connectivity index (χ3n) is 4.26. The number of amidine groups is 1. The summed E-state index contributed by atoms with van der Waals surface area (Å²) in [5, 5.41) is 17.8. The summed E-state index contributed by atoms with van der Waals surface area (Å²) in [5.41, 5.74) is 9.74. The number of benzene rings is 2. The summed E-state index contributed by atoms with van der Waals surface area (Å²) in [6, 6.07) is 12.3. The van der Waals surface area contributed by atoms with Gasteiger partial charge in [0.2, 0.25) is 0 Å². The number of nitro benzene ring substituents is 1. The Labute approximate surface area is 162 Å². The van der Waals surface area contributed by atoms with Crippen LogP contribution in [0.15, 0.2) is 53.5 Å². The van der Waals surface area contributed by atoms with Gasteiger partial charge in [-0.05, 0) is 30.5 Å². The topological polar surface area (TPSA) is 106 Å². The number of rotatable bonds is 5. The average molecular weight is 386 g/mol. The molecule has 140 valence electrons. The van der Waals surface area contributed by atoms with Gasteiger partial charge in [0.15, 0.2) is 6.29 Å². The van der Waals surface area contributed by atoms with E-state index in [1.54, 1.807) is 12.1 Å². The molecule has 0 bridgehead atoms. The minimum Gasteiger partial charge on any atom is -0.353 e. The smallest absolute Gasteiger partial charge is 0.269 e. The molecular weight excluding hydrogens is 366 g/mol. The van der Waals surface area contributed by atoms with Crippen LogP contribution in [0, 0.1) is 17.0 Å². The Morgan fingerprint density at radius 1 is 1.26 bits per heavy atom. The van der Waals surface area contributed by atoms with Crippen molar-refractivity contribution in [2.24, 2.45) is 10.7 Å². The number of non-ortho nitro benzene ring substituents is 1. The molecule has 3 rings (SSSR count). The third-order valence-corrected chi connectivity index (χ3v) is 4.67. The van der Waals surface area contributed by atoms with Gasteiger partial charge in [-0.3, -0.25) is 20.8 Å². The summed E-state index contributed by atoms with van der Waals surface area (Å²) in [7, 11) is 0. The molecule has 1 atom stereocenters. The molecule has 0 aromatic heterocycles. The molecule has 1 heterocycles. The van der Waals surface area contributed by atoms with E-state index < -0.39 is 11.2 Å². The van der Waals surface area contributed by atoms with Crippen molar-refractivity contribution >= 4 is 28.8 Å². The number of aliphatic imine (C=N–C) groups is 1. The van der Waals surface area contributed by atoms with E-state index in [-0.39, 0.29) is 5.69 Å². The first-order valence-electron chi connectivity index (χ1n) is 8.47. The molecule has 0 radical (unpaired) electrons. The fourth-order valence-corrected chi connectivity index (χ4v) is 3.03. The summed E-state index contributed by atoms with van der Waals surface area (Å²) in [4.78, 5) is 15.0. The maximum Gasteiger partial charge on any atom is 0.269 e. The lowest BCUT2D eigenvalue weighted by molar-refractivity contribution is -0.384. The van der Waals surface area contributed by atoms with E-state index in [1.165, 1.54) is 6.07 Å². The predicted molar refractivity (Wildman–Crippen MR) is 108 cm³/mol. The molecule has 8 heteroatoms. The van der Waals surface area contributed by atoms with Crippen LogP contribution in [0.3, 0.4) is 0 Å². The molecule has 0 fully saturated rings. The van der Waals surface area contributed by atoms with Crippen molar-refractivity contribution < 1.29 is 4.92 Å². The van der Waals surface area contributed by atoms with Gasteiger partial charge in [0.05, 0.1) is 4.92 Å². The highest BCUT2D eigenvalue weighted by molar-refractivity contribution is 6.31. The Hall–Kier alpha value is -2.90. The number of hydrogen-bond donors (Lipinski definition) is 3. The molecule has 0 spiro atoms. The van der Waals surface area contributed by atoms with Crippen LogP contribution in [-0.4, -0.2) is 23.6 Å². The highest BCUT2D eigenvalue weighted by atomic mass is 35.5. The first-order chi connectivity index (χ1) is 12.9. The van der Waals surface area contributed by atoms with E-state index in [1.807, 2.05) is 37.3 Å². The number of nitrogens with zero attached hydrogens (tertiary/aromatic N) is 2. The molecule has 7 nitrogen and oxygen atoms in total. The second kappa shape index (κ2) is 8.20. The minimum atomic E-state index is -0.472. The zero-order chi connectivity index (χ0) is 19.4. The Bertz CT molecular complexity index is 926.